The van der Waals surface area contributed by atoms with Crippen LogP contribution in [-0.4, -0.2) is 63.5 Å². The van der Waals surface area contributed by atoms with E-state index in [4.69, 9.17) is 10.3 Å². The van der Waals surface area contributed by atoms with Gasteiger partial charge in [-0.25, -0.2) is 12.7 Å². The first kappa shape index (κ1) is 20.1. The van der Waals surface area contributed by atoms with Crippen molar-refractivity contribution in [2.45, 2.75) is 38.2 Å². The molecule has 0 heterocycles. The first-order valence-electron chi connectivity index (χ1n) is 7.06. The number of rotatable bonds is 13. The van der Waals surface area contributed by atoms with E-state index in [0.29, 0.717) is 39.0 Å². The van der Waals surface area contributed by atoms with E-state index in [-0.39, 0.29) is 5.75 Å². The van der Waals surface area contributed by atoms with Crippen LogP contribution < -0.4 is 0 Å². The SMILES string of the molecule is COCCCN(C)S(=O)(=O)CC(O)CCCCCN=[N+]=[N-]. The van der Waals surface area contributed by atoms with E-state index in [2.05, 4.69) is 10.0 Å². The Morgan fingerprint density at radius 2 is 2.05 bits per heavy atom. The van der Waals surface area contributed by atoms with Crippen molar-refractivity contribution in [2.24, 2.45) is 5.11 Å². The number of sulfonamides is 1. The van der Waals surface area contributed by atoms with Gasteiger partial charge < -0.3 is 9.84 Å². The fraction of sp³-hybridized carbons (Fsp3) is 1.00. The number of aliphatic hydroxyl groups is 1. The molecule has 0 aromatic rings. The number of hydrogen-bond donors (Lipinski definition) is 1. The van der Waals surface area contributed by atoms with Crippen molar-refractivity contribution in [3.63, 3.8) is 0 Å². The Labute approximate surface area is 126 Å². The molecule has 0 aliphatic rings. The molecular formula is C12H26N4O4S. The van der Waals surface area contributed by atoms with Gasteiger partial charge in [0.25, 0.3) is 0 Å². The van der Waals surface area contributed by atoms with Gasteiger partial charge in [-0.05, 0) is 24.8 Å². The highest BCUT2D eigenvalue weighted by molar-refractivity contribution is 7.89. The molecule has 0 amide bonds. The molecule has 0 aliphatic heterocycles. The van der Waals surface area contributed by atoms with Gasteiger partial charge in [0.1, 0.15) is 0 Å². The third kappa shape index (κ3) is 10.5. The maximum Gasteiger partial charge on any atom is 0.216 e. The number of nitrogens with zero attached hydrogens (tertiary/aromatic N) is 4. The van der Waals surface area contributed by atoms with Crippen LogP contribution in [0, 0.1) is 0 Å². The summed E-state index contributed by atoms with van der Waals surface area (Å²) in [6, 6.07) is 0. The minimum Gasteiger partial charge on any atom is -0.392 e. The Morgan fingerprint density at radius 1 is 1.33 bits per heavy atom. The molecule has 0 saturated carbocycles. The summed E-state index contributed by atoms with van der Waals surface area (Å²) in [5, 5.41) is 13.2. The highest BCUT2D eigenvalue weighted by atomic mass is 32.2. The summed E-state index contributed by atoms with van der Waals surface area (Å²) in [5.41, 5.74) is 8.11. The monoisotopic (exact) mass is 322 g/mol. The molecule has 0 rings (SSSR count). The first-order valence-corrected chi connectivity index (χ1v) is 8.67. The third-order valence-corrected chi connectivity index (χ3v) is 5.00. The number of aliphatic hydroxyl groups excluding tert-OH is 1. The van der Waals surface area contributed by atoms with Crippen LogP contribution in [0.25, 0.3) is 10.4 Å². The summed E-state index contributed by atoms with van der Waals surface area (Å²) in [6.45, 7) is 1.33. The molecule has 0 saturated heterocycles. The van der Waals surface area contributed by atoms with Gasteiger partial charge >= 0.3 is 0 Å². The molecular weight excluding hydrogens is 296 g/mol. The van der Waals surface area contributed by atoms with Crippen molar-refractivity contribution in [2.75, 3.05) is 39.6 Å². The maximum atomic E-state index is 12.0. The molecule has 0 fully saturated rings. The number of azide groups is 1. The molecule has 9 heteroatoms. The van der Waals surface area contributed by atoms with Crippen LogP contribution in [0.15, 0.2) is 5.11 Å². The van der Waals surface area contributed by atoms with Crippen molar-refractivity contribution in [3.8, 4) is 0 Å². The van der Waals surface area contributed by atoms with Gasteiger partial charge in [0.2, 0.25) is 10.0 Å². The number of unbranched alkanes of at least 4 members (excludes halogenated alkanes) is 2. The smallest absolute Gasteiger partial charge is 0.216 e. The van der Waals surface area contributed by atoms with E-state index in [1.54, 1.807) is 7.11 Å². The summed E-state index contributed by atoms with van der Waals surface area (Å²) in [4.78, 5) is 2.65. The van der Waals surface area contributed by atoms with Gasteiger partial charge in [-0.2, -0.15) is 0 Å². The lowest BCUT2D eigenvalue weighted by Crippen LogP contribution is -2.35. The van der Waals surface area contributed by atoms with Crippen LogP contribution in [0.1, 0.15) is 32.1 Å². The van der Waals surface area contributed by atoms with Crippen LogP contribution in [0.2, 0.25) is 0 Å². The van der Waals surface area contributed by atoms with Crippen LogP contribution in [0.4, 0.5) is 0 Å². The van der Waals surface area contributed by atoms with Gasteiger partial charge in [0.15, 0.2) is 0 Å². The number of methoxy groups -OCH3 is 1. The summed E-state index contributed by atoms with van der Waals surface area (Å²) in [5.74, 6) is -0.257. The largest absolute Gasteiger partial charge is 0.392 e. The van der Waals surface area contributed by atoms with Gasteiger partial charge in [-0.15, -0.1) is 0 Å². The molecule has 124 valence electrons. The second-order valence-corrected chi connectivity index (χ2v) is 7.02. The predicted octanol–water partition coefficient (Wildman–Crippen LogP) is 1.52. The molecule has 1 N–H and O–H groups in total. The van der Waals surface area contributed by atoms with Gasteiger partial charge in [-0.3, -0.25) is 0 Å². The van der Waals surface area contributed by atoms with Crippen molar-refractivity contribution >= 4 is 10.0 Å². The molecule has 0 aromatic heterocycles. The normalized spacial score (nSPS) is 13.1. The lowest BCUT2D eigenvalue weighted by atomic mass is 10.1. The summed E-state index contributed by atoms with van der Waals surface area (Å²) in [6.07, 6.45) is 2.47. The van der Waals surface area contributed by atoms with E-state index >= 15 is 0 Å². The molecule has 1 atom stereocenters. The molecule has 1 unspecified atom stereocenters. The number of ether oxygens (including phenoxy) is 1. The van der Waals surface area contributed by atoms with Crippen molar-refractivity contribution < 1.29 is 18.3 Å². The highest BCUT2D eigenvalue weighted by Crippen LogP contribution is 2.09. The molecule has 0 spiro atoms. The fourth-order valence-corrected chi connectivity index (χ4v) is 3.12. The fourth-order valence-electron chi connectivity index (χ4n) is 1.81. The van der Waals surface area contributed by atoms with Gasteiger partial charge in [-0.1, -0.05) is 18.0 Å². The zero-order valence-electron chi connectivity index (χ0n) is 12.8. The maximum absolute atomic E-state index is 12.0. The average Bonchev–Trinajstić information content (AvgIpc) is 2.42. The Hall–Kier alpha value is -0.860. The molecule has 21 heavy (non-hydrogen) atoms. The average molecular weight is 322 g/mol. The Kier molecular flexibility index (Phi) is 11.3. The second-order valence-electron chi connectivity index (χ2n) is 4.90. The van der Waals surface area contributed by atoms with E-state index in [1.807, 2.05) is 0 Å². The summed E-state index contributed by atoms with van der Waals surface area (Å²) < 4.78 is 30.1. The van der Waals surface area contributed by atoms with Crippen LogP contribution in [0.5, 0.6) is 0 Å². The standard InChI is InChI=1S/C12H26N4O4S/c1-16(9-6-10-20-2)21(18,19)11-12(17)7-4-3-5-8-14-15-13/h12,17H,3-11H2,1-2H3. The van der Waals surface area contributed by atoms with Gasteiger partial charge in [0, 0.05) is 38.8 Å². The molecule has 0 aromatic carbocycles. The van der Waals surface area contributed by atoms with Crippen LogP contribution >= 0.6 is 0 Å². The van der Waals surface area contributed by atoms with Crippen molar-refractivity contribution in [3.05, 3.63) is 10.4 Å². The lowest BCUT2D eigenvalue weighted by Gasteiger charge is -2.19. The van der Waals surface area contributed by atoms with Crippen LogP contribution in [-0.2, 0) is 14.8 Å². The quantitative estimate of drug-likeness (QED) is 0.239. The zero-order chi connectivity index (χ0) is 16.1. The molecule has 8 nitrogen and oxygen atoms in total. The van der Waals surface area contributed by atoms with Crippen LogP contribution in [0.3, 0.4) is 0 Å². The summed E-state index contributed by atoms with van der Waals surface area (Å²) in [7, 11) is -0.349. The lowest BCUT2D eigenvalue weighted by molar-refractivity contribution is 0.179. The Bertz CT molecular complexity index is 409. The summed E-state index contributed by atoms with van der Waals surface area (Å²) >= 11 is 0. The third-order valence-electron chi connectivity index (χ3n) is 3.06. The molecule has 0 aliphatic carbocycles. The van der Waals surface area contributed by atoms with Gasteiger partial charge in [0.05, 0.1) is 11.9 Å². The second kappa shape index (κ2) is 11.8. The van der Waals surface area contributed by atoms with Crippen molar-refractivity contribution in [1.82, 2.24) is 4.31 Å². The minimum atomic E-state index is -3.43. The minimum absolute atomic E-state index is 0.257. The Balaban J connectivity index is 3.94. The highest BCUT2D eigenvalue weighted by Gasteiger charge is 2.21. The van der Waals surface area contributed by atoms with Crippen molar-refractivity contribution in [1.29, 1.82) is 0 Å². The topological polar surface area (TPSA) is 116 Å². The predicted molar refractivity (Wildman–Crippen MR) is 81.4 cm³/mol. The van der Waals surface area contributed by atoms with E-state index in [9.17, 15) is 13.5 Å². The molecule has 0 radical (unpaired) electrons. The van der Waals surface area contributed by atoms with E-state index in [0.717, 1.165) is 12.8 Å². The van der Waals surface area contributed by atoms with E-state index in [1.165, 1.54) is 11.4 Å². The van der Waals surface area contributed by atoms with E-state index < -0.39 is 16.1 Å². The molecule has 0 bridgehead atoms. The first-order chi connectivity index (χ1) is 9.94. The Morgan fingerprint density at radius 3 is 2.67 bits per heavy atom. The zero-order valence-corrected chi connectivity index (χ0v) is 13.6. The number of hydrogen-bond acceptors (Lipinski definition) is 5.